The Labute approximate surface area is 121 Å². The minimum atomic E-state index is -3.63. The van der Waals surface area contributed by atoms with Gasteiger partial charge in [0.25, 0.3) is 10.2 Å². The first-order chi connectivity index (χ1) is 9.39. The van der Waals surface area contributed by atoms with E-state index in [1.165, 1.54) is 11.4 Å². The monoisotopic (exact) mass is 300 g/mol. The zero-order valence-electron chi connectivity index (χ0n) is 12.3. The molecule has 5 nitrogen and oxygen atoms in total. The Balaban J connectivity index is 2.82. The Morgan fingerprint density at radius 1 is 1.20 bits per heavy atom. The molecule has 1 rings (SSSR count). The Kier molecular flexibility index (Phi) is 6.13. The SMILES string of the molecule is CCC(CC)(CO)NS(=O)(=O)N(C)Cc1ccccc1. The molecule has 0 saturated heterocycles. The summed E-state index contributed by atoms with van der Waals surface area (Å²) in [6.07, 6.45) is 1.08. The van der Waals surface area contributed by atoms with Crippen molar-refractivity contribution in [1.82, 2.24) is 9.03 Å². The van der Waals surface area contributed by atoms with Crippen LogP contribution in [-0.4, -0.2) is 37.0 Å². The standard InChI is InChI=1S/C14H24N2O3S/c1-4-14(5-2,12-17)15-20(18,19)16(3)11-13-9-7-6-8-10-13/h6-10,15,17H,4-5,11-12H2,1-3H3. The predicted molar refractivity (Wildman–Crippen MR) is 80.4 cm³/mol. The molecule has 0 aliphatic carbocycles. The van der Waals surface area contributed by atoms with Crippen molar-refractivity contribution in [2.24, 2.45) is 0 Å². The fourth-order valence-electron chi connectivity index (χ4n) is 1.93. The van der Waals surface area contributed by atoms with E-state index < -0.39 is 15.7 Å². The lowest BCUT2D eigenvalue weighted by Gasteiger charge is -2.32. The average Bonchev–Trinajstić information content (AvgIpc) is 2.46. The van der Waals surface area contributed by atoms with Crippen LogP contribution in [0.25, 0.3) is 0 Å². The highest BCUT2D eigenvalue weighted by Crippen LogP contribution is 2.17. The van der Waals surface area contributed by atoms with Crippen molar-refractivity contribution >= 4 is 10.2 Å². The first kappa shape index (κ1) is 17.1. The van der Waals surface area contributed by atoms with Crippen molar-refractivity contribution in [2.75, 3.05) is 13.7 Å². The third-order valence-electron chi connectivity index (χ3n) is 3.66. The smallest absolute Gasteiger partial charge is 0.280 e. The van der Waals surface area contributed by atoms with Crippen molar-refractivity contribution in [3.63, 3.8) is 0 Å². The molecule has 0 radical (unpaired) electrons. The number of aliphatic hydroxyl groups is 1. The minimum absolute atomic E-state index is 0.210. The van der Waals surface area contributed by atoms with Gasteiger partial charge in [0, 0.05) is 13.6 Å². The number of rotatable bonds is 8. The highest BCUT2D eigenvalue weighted by molar-refractivity contribution is 7.87. The van der Waals surface area contributed by atoms with Crippen LogP contribution in [0.2, 0.25) is 0 Å². The maximum absolute atomic E-state index is 12.3. The molecule has 6 heteroatoms. The Bertz CT molecular complexity index is 490. The fraction of sp³-hybridized carbons (Fsp3) is 0.571. The molecule has 0 amide bonds. The lowest BCUT2D eigenvalue weighted by molar-refractivity contribution is 0.170. The molecule has 20 heavy (non-hydrogen) atoms. The summed E-state index contributed by atoms with van der Waals surface area (Å²) >= 11 is 0. The van der Waals surface area contributed by atoms with Gasteiger partial charge in [-0.3, -0.25) is 0 Å². The third kappa shape index (κ3) is 4.28. The molecule has 0 bridgehead atoms. The van der Waals surface area contributed by atoms with Gasteiger partial charge in [0.05, 0.1) is 12.1 Å². The molecule has 2 N–H and O–H groups in total. The van der Waals surface area contributed by atoms with Crippen LogP contribution in [0, 0.1) is 0 Å². The maximum Gasteiger partial charge on any atom is 0.280 e. The highest BCUT2D eigenvalue weighted by atomic mass is 32.2. The molecule has 0 heterocycles. The first-order valence-corrected chi connectivity index (χ1v) is 8.23. The lowest BCUT2D eigenvalue weighted by Crippen LogP contribution is -2.54. The Morgan fingerprint density at radius 3 is 2.20 bits per heavy atom. The minimum Gasteiger partial charge on any atom is -0.394 e. The van der Waals surface area contributed by atoms with Gasteiger partial charge in [-0.2, -0.15) is 17.4 Å². The highest BCUT2D eigenvalue weighted by Gasteiger charge is 2.32. The first-order valence-electron chi connectivity index (χ1n) is 6.79. The van der Waals surface area contributed by atoms with Crippen LogP contribution in [0.3, 0.4) is 0 Å². The van der Waals surface area contributed by atoms with E-state index in [1.807, 2.05) is 44.2 Å². The fourth-order valence-corrected chi connectivity index (χ4v) is 3.30. The van der Waals surface area contributed by atoms with Crippen molar-refractivity contribution in [2.45, 2.75) is 38.8 Å². The Morgan fingerprint density at radius 2 is 1.75 bits per heavy atom. The van der Waals surface area contributed by atoms with E-state index in [0.717, 1.165) is 5.56 Å². The van der Waals surface area contributed by atoms with Gasteiger partial charge in [-0.1, -0.05) is 44.2 Å². The van der Waals surface area contributed by atoms with Gasteiger partial charge in [-0.15, -0.1) is 0 Å². The topological polar surface area (TPSA) is 69.6 Å². The Hall–Kier alpha value is -0.950. The van der Waals surface area contributed by atoms with E-state index in [9.17, 15) is 13.5 Å². The second kappa shape index (κ2) is 7.17. The van der Waals surface area contributed by atoms with E-state index >= 15 is 0 Å². The van der Waals surface area contributed by atoms with E-state index in [0.29, 0.717) is 19.4 Å². The summed E-state index contributed by atoms with van der Waals surface area (Å²) in [5, 5.41) is 9.47. The molecule has 0 unspecified atom stereocenters. The number of hydrogen-bond acceptors (Lipinski definition) is 3. The molecule has 0 aliphatic rings. The zero-order valence-corrected chi connectivity index (χ0v) is 13.2. The molecule has 1 aromatic rings. The molecule has 114 valence electrons. The molecule has 0 atom stereocenters. The lowest BCUT2D eigenvalue weighted by atomic mass is 9.96. The quantitative estimate of drug-likeness (QED) is 0.764. The summed E-state index contributed by atoms with van der Waals surface area (Å²) < 4.78 is 28.5. The molecule has 0 fully saturated rings. The predicted octanol–water partition coefficient (Wildman–Crippen LogP) is 1.50. The second-order valence-electron chi connectivity index (χ2n) is 4.99. The molecule has 1 aromatic carbocycles. The van der Waals surface area contributed by atoms with Gasteiger partial charge < -0.3 is 5.11 Å². The van der Waals surface area contributed by atoms with Gasteiger partial charge in [-0.05, 0) is 18.4 Å². The summed E-state index contributed by atoms with van der Waals surface area (Å²) in [5.41, 5.74) is 0.132. The van der Waals surface area contributed by atoms with Gasteiger partial charge in [-0.25, -0.2) is 0 Å². The van der Waals surface area contributed by atoms with Crippen LogP contribution in [0.5, 0.6) is 0 Å². The third-order valence-corrected chi connectivity index (χ3v) is 5.30. The zero-order chi connectivity index (χ0) is 15.2. The van der Waals surface area contributed by atoms with Crippen molar-refractivity contribution in [3.8, 4) is 0 Å². The number of nitrogens with zero attached hydrogens (tertiary/aromatic N) is 1. The van der Waals surface area contributed by atoms with Crippen LogP contribution in [0.4, 0.5) is 0 Å². The molecule has 0 aromatic heterocycles. The molecule has 0 aliphatic heterocycles. The van der Waals surface area contributed by atoms with Crippen LogP contribution in [0.1, 0.15) is 32.3 Å². The largest absolute Gasteiger partial charge is 0.394 e. The van der Waals surface area contributed by atoms with E-state index in [1.54, 1.807) is 0 Å². The van der Waals surface area contributed by atoms with Gasteiger partial charge >= 0.3 is 0 Å². The average molecular weight is 300 g/mol. The van der Waals surface area contributed by atoms with Crippen LogP contribution in [-0.2, 0) is 16.8 Å². The van der Waals surface area contributed by atoms with Crippen molar-refractivity contribution in [3.05, 3.63) is 35.9 Å². The van der Waals surface area contributed by atoms with Gasteiger partial charge in [0.2, 0.25) is 0 Å². The van der Waals surface area contributed by atoms with E-state index in [4.69, 9.17) is 0 Å². The van der Waals surface area contributed by atoms with Crippen LogP contribution >= 0.6 is 0 Å². The van der Waals surface area contributed by atoms with Gasteiger partial charge in [0.1, 0.15) is 0 Å². The molecule has 0 spiro atoms. The van der Waals surface area contributed by atoms with Crippen molar-refractivity contribution in [1.29, 1.82) is 0 Å². The maximum atomic E-state index is 12.3. The van der Waals surface area contributed by atoms with E-state index in [2.05, 4.69) is 4.72 Å². The summed E-state index contributed by atoms with van der Waals surface area (Å²) in [7, 11) is -2.10. The van der Waals surface area contributed by atoms with E-state index in [-0.39, 0.29) is 6.61 Å². The summed E-state index contributed by atoms with van der Waals surface area (Å²) in [5.74, 6) is 0. The number of benzene rings is 1. The number of aliphatic hydroxyl groups excluding tert-OH is 1. The second-order valence-corrected chi connectivity index (χ2v) is 6.77. The summed E-state index contributed by atoms with van der Waals surface area (Å²) in [4.78, 5) is 0. The molecular weight excluding hydrogens is 276 g/mol. The summed E-state index contributed by atoms with van der Waals surface area (Å²) in [6, 6.07) is 9.40. The summed E-state index contributed by atoms with van der Waals surface area (Å²) in [6.45, 7) is 3.81. The number of hydrogen-bond donors (Lipinski definition) is 2. The molecule has 0 saturated carbocycles. The normalized spacial score (nSPS) is 12.8. The molecular formula is C14H24N2O3S. The van der Waals surface area contributed by atoms with Crippen LogP contribution < -0.4 is 4.72 Å². The van der Waals surface area contributed by atoms with Crippen LogP contribution in [0.15, 0.2) is 30.3 Å². The van der Waals surface area contributed by atoms with Crippen molar-refractivity contribution < 1.29 is 13.5 Å². The van der Waals surface area contributed by atoms with Gasteiger partial charge in [0.15, 0.2) is 0 Å². The number of nitrogens with one attached hydrogen (secondary N) is 1.